The van der Waals surface area contributed by atoms with E-state index in [9.17, 15) is 9.59 Å². The number of carbonyl (C=O) groups excluding carboxylic acids is 2. The molecule has 3 heterocycles. The van der Waals surface area contributed by atoms with Crippen LogP contribution in [0.2, 0.25) is 0 Å². The number of anilines is 1. The summed E-state index contributed by atoms with van der Waals surface area (Å²) in [7, 11) is 0. The molecule has 2 aromatic rings. The van der Waals surface area contributed by atoms with Crippen LogP contribution in [-0.2, 0) is 4.79 Å². The van der Waals surface area contributed by atoms with Crippen molar-refractivity contribution in [3.8, 4) is 5.69 Å². The van der Waals surface area contributed by atoms with E-state index < -0.39 is 0 Å². The molecule has 2 atom stereocenters. The lowest BCUT2D eigenvalue weighted by Gasteiger charge is -2.33. The van der Waals surface area contributed by atoms with Gasteiger partial charge in [0.2, 0.25) is 5.91 Å². The number of carbonyl (C=O) groups is 2. The zero-order valence-electron chi connectivity index (χ0n) is 16.0. The van der Waals surface area contributed by atoms with E-state index in [0.717, 1.165) is 29.2 Å². The fourth-order valence-corrected chi connectivity index (χ4v) is 4.08. The summed E-state index contributed by atoms with van der Waals surface area (Å²) in [5, 5.41) is 10.5. The summed E-state index contributed by atoms with van der Waals surface area (Å²) in [4.78, 5) is 26.4. The van der Waals surface area contributed by atoms with Crippen molar-refractivity contribution in [3.63, 3.8) is 0 Å². The van der Waals surface area contributed by atoms with E-state index in [1.165, 1.54) is 5.56 Å². The number of aryl methyl sites for hydroxylation is 2. The molecular weight excluding hydrogens is 342 g/mol. The number of likely N-dealkylation sites (tertiary alicyclic amines) is 1. The number of hydrogen-bond acceptors (Lipinski definition) is 3. The van der Waals surface area contributed by atoms with Crippen LogP contribution in [0.1, 0.15) is 23.4 Å². The number of aromatic nitrogens is 2. The van der Waals surface area contributed by atoms with Crippen LogP contribution in [0, 0.1) is 32.6 Å². The number of rotatable bonds is 2. The van der Waals surface area contributed by atoms with Crippen molar-refractivity contribution in [2.45, 2.75) is 27.2 Å². The molecule has 7 heteroatoms. The minimum Gasteiger partial charge on any atom is -0.355 e. The quantitative estimate of drug-likeness (QED) is 0.855. The molecule has 4 rings (SSSR count). The second-order valence-electron chi connectivity index (χ2n) is 7.57. The molecule has 0 aliphatic carbocycles. The third kappa shape index (κ3) is 3.18. The summed E-state index contributed by atoms with van der Waals surface area (Å²) in [6.45, 7) is 7.79. The fraction of sp³-hybridized carbons (Fsp3) is 0.450. The molecule has 1 aromatic heterocycles. The minimum absolute atomic E-state index is 0.0572. The number of fused-ring (bicyclic) bond motifs is 1. The van der Waals surface area contributed by atoms with Crippen LogP contribution in [-0.4, -0.2) is 46.3 Å². The Morgan fingerprint density at radius 3 is 2.70 bits per heavy atom. The van der Waals surface area contributed by atoms with Crippen molar-refractivity contribution < 1.29 is 9.59 Å². The van der Waals surface area contributed by atoms with Crippen LogP contribution in [0.5, 0.6) is 0 Å². The molecule has 1 aromatic carbocycles. The Bertz CT molecular complexity index is 887. The molecule has 0 saturated carbocycles. The first-order valence-corrected chi connectivity index (χ1v) is 9.41. The van der Waals surface area contributed by atoms with Gasteiger partial charge in [-0.3, -0.25) is 4.79 Å². The maximum atomic E-state index is 12.8. The van der Waals surface area contributed by atoms with E-state index in [1.807, 2.05) is 54.6 Å². The topological polar surface area (TPSA) is 79.3 Å². The van der Waals surface area contributed by atoms with Crippen molar-refractivity contribution in [3.05, 3.63) is 41.2 Å². The zero-order chi connectivity index (χ0) is 19.1. The number of nitrogens with zero attached hydrogens (tertiary/aromatic N) is 3. The van der Waals surface area contributed by atoms with Gasteiger partial charge in [0.05, 0.1) is 22.8 Å². The number of amides is 3. The van der Waals surface area contributed by atoms with Gasteiger partial charge < -0.3 is 15.5 Å². The monoisotopic (exact) mass is 367 g/mol. The highest BCUT2D eigenvalue weighted by Crippen LogP contribution is 2.29. The maximum Gasteiger partial charge on any atom is 0.321 e. The molecule has 2 saturated heterocycles. The highest BCUT2D eigenvalue weighted by Gasteiger charge is 2.40. The lowest BCUT2D eigenvalue weighted by Crippen LogP contribution is -2.45. The third-order valence-corrected chi connectivity index (χ3v) is 5.70. The first-order chi connectivity index (χ1) is 12.9. The SMILES string of the molecule is Cc1ccc(-n2nc(C)c(NC(=O)N3CC[C@H]4C(=O)NC[C@H]4C3)c2C)cc1. The van der Waals surface area contributed by atoms with E-state index in [4.69, 9.17) is 0 Å². The fourth-order valence-electron chi connectivity index (χ4n) is 4.08. The standard InChI is InChI=1S/C20H25N5O2/c1-12-4-6-16(7-5-12)25-14(3)18(13(2)23-25)22-20(27)24-9-8-17-15(11-24)10-21-19(17)26/h4-7,15,17H,8-11H2,1-3H3,(H,21,26)(H,22,27)/t15-,17+/m0/s1. The van der Waals surface area contributed by atoms with E-state index >= 15 is 0 Å². The normalized spacial score (nSPS) is 21.7. The minimum atomic E-state index is -0.123. The first kappa shape index (κ1) is 17.6. The molecule has 2 aliphatic rings. The Kier molecular flexibility index (Phi) is 4.37. The second-order valence-corrected chi connectivity index (χ2v) is 7.57. The molecule has 2 N–H and O–H groups in total. The van der Waals surface area contributed by atoms with E-state index in [1.54, 1.807) is 0 Å². The molecule has 0 bridgehead atoms. The molecule has 2 aliphatic heterocycles. The van der Waals surface area contributed by atoms with Crippen LogP contribution in [0.25, 0.3) is 5.69 Å². The Hall–Kier alpha value is -2.83. The number of benzene rings is 1. The van der Waals surface area contributed by atoms with E-state index in [2.05, 4.69) is 15.7 Å². The number of nitrogens with one attached hydrogen (secondary N) is 2. The van der Waals surface area contributed by atoms with Gasteiger partial charge in [-0.15, -0.1) is 0 Å². The van der Waals surface area contributed by atoms with Gasteiger partial charge in [0, 0.05) is 31.5 Å². The van der Waals surface area contributed by atoms with Crippen molar-refractivity contribution in [1.29, 1.82) is 0 Å². The molecule has 0 unspecified atom stereocenters. The van der Waals surface area contributed by atoms with Gasteiger partial charge in [0.15, 0.2) is 0 Å². The smallest absolute Gasteiger partial charge is 0.321 e. The Morgan fingerprint density at radius 1 is 1.22 bits per heavy atom. The molecule has 3 amide bonds. The van der Waals surface area contributed by atoms with Crippen molar-refractivity contribution in [1.82, 2.24) is 20.0 Å². The summed E-state index contributed by atoms with van der Waals surface area (Å²) in [6.07, 6.45) is 0.727. The van der Waals surface area contributed by atoms with Crippen LogP contribution < -0.4 is 10.6 Å². The molecule has 27 heavy (non-hydrogen) atoms. The van der Waals surface area contributed by atoms with Gasteiger partial charge in [0.1, 0.15) is 0 Å². The maximum absolute atomic E-state index is 12.8. The number of hydrogen-bond donors (Lipinski definition) is 2. The Balaban J connectivity index is 1.50. The zero-order valence-corrected chi connectivity index (χ0v) is 16.0. The Morgan fingerprint density at radius 2 is 1.96 bits per heavy atom. The Labute approximate surface area is 158 Å². The highest BCUT2D eigenvalue weighted by atomic mass is 16.2. The largest absolute Gasteiger partial charge is 0.355 e. The van der Waals surface area contributed by atoms with Crippen LogP contribution in [0.15, 0.2) is 24.3 Å². The number of piperidine rings is 1. The summed E-state index contributed by atoms with van der Waals surface area (Å²) >= 11 is 0. The molecule has 142 valence electrons. The predicted molar refractivity (Wildman–Crippen MR) is 103 cm³/mol. The molecule has 0 spiro atoms. The summed E-state index contributed by atoms with van der Waals surface area (Å²) < 4.78 is 1.86. The molecule has 0 radical (unpaired) electrons. The third-order valence-electron chi connectivity index (χ3n) is 5.70. The van der Waals surface area contributed by atoms with Crippen molar-refractivity contribution >= 4 is 17.6 Å². The second kappa shape index (κ2) is 6.72. The average Bonchev–Trinajstić information content (AvgIpc) is 3.17. The van der Waals surface area contributed by atoms with Gasteiger partial charge >= 0.3 is 6.03 Å². The van der Waals surface area contributed by atoms with Gasteiger partial charge in [0.25, 0.3) is 0 Å². The summed E-state index contributed by atoms with van der Waals surface area (Å²) in [5.74, 6) is 0.405. The van der Waals surface area contributed by atoms with Crippen molar-refractivity contribution in [2.24, 2.45) is 11.8 Å². The molecule has 7 nitrogen and oxygen atoms in total. The summed E-state index contributed by atoms with van der Waals surface area (Å²) in [6, 6.07) is 8.02. The summed E-state index contributed by atoms with van der Waals surface area (Å²) in [5.41, 5.74) is 4.60. The molecular formula is C20H25N5O2. The van der Waals surface area contributed by atoms with Gasteiger partial charge in [-0.25, -0.2) is 9.48 Å². The first-order valence-electron chi connectivity index (χ1n) is 9.41. The van der Waals surface area contributed by atoms with E-state index in [0.29, 0.717) is 19.6 Å². The van der Waals surface area contributed by atoms with Crippen LogP contribution in [0.4, 0.5) is 10.5 Å². The number of urea groups is 1. The predicted octanol–water partition coefficient (Wildman–Crippen LogP) is 2.40. The highest BCUT2D eigenvalue weighted by molar-refractivity contribution is 5.91. The van der Waals surface area contributed by atoms with Crippen LogP contribution in [0.3, 0.4) is 0 Å². The molecule has 2 fully saturated rings. The lowest BCUT2D eigenvalue weighted by atomic mass is 9.88. The van der Waals surface area contributed by atoms with Gasteiger partial charge in [-0.05, 0) is 39.3 Å². The average molecular weight is 367 g/mol. The van der Waals surface area contributed by atoms with E-state index in [-0.39, 0.29) is 23.8 Å². The van der Waals surface area contributed by atoms with Gasteiger partial charge in [-0.1, -0.05) is 17.7 Å². The van der Waals surface area contributed by atoms with Crippen molar-refractivity contribution in [2.75, 3.05) is 25.0 Å². The van der Waals surface area contributed by atoms with Gasteiger partial charge in [-0.2, -0.15) is 5.10 Å². The lowest BCUT2D eigenvalue weighted by molar-refractivity contribution is -0.123. The van der Waals surface area contributed by atoms with Crippen LogP contribution >= 0.6 is 0 Å².